The molecule has 7 heteroatoms. The first-order chi connectivity index (χ1) is 11.6. The van der Waals surface area contributed by atoms with Gasteiger partial charge in [-0.05, 0) is 49.5 Å². The van der Waals surface area contributed by atoms with Crippen molar-refractivity contribution in [2.45, 2.75) is 32.4 Å². The fourth-order valence-corrected chi connectivity index (χ4v) is 3.37. The number of nitrogens with zero attached hydrogens (tertiary/aromatic N) is 4. The van der Waals surface area contributed by atoms with E-state index >= 15 is 0 Å². The maximum absolute atomic E-state index is 13.1. The van der Waals surface area contributed by atoms with Crippen molar-refractivity contribution in [2.75, 3.05) is 19.7 Å². The highest BCUT2D eigenvalue weighted by Gasteiger charge is 2.20. The zero-order valence-corrected chi connectivity index (χ0v) is 14.3. The molecular weight excluding hydrogens is 331 g/mol. The molecule has 1 fully saturated rings. The zero-order chi connectivity index (χ0) is 16.9. The Hall–Kier alpha value is -1.50. The summed E-state index contributed by atoms with van der Waals surface area (Å²) < 4.78 is 15.0. The first-order valence-electron chi connectivity index (χ1n) is 8.30. The van der Waals surface area contributed by atoms with Crippen molar-refractivity contribution in [3.63, 3.8) is 0 Å². The second kappa shape index (κ2) is 8.05. The molecule has 1 aromatic carbocycles. The van der Waals surface area contributed by atoms with E-state index in [4.69, 9.17) is 16.7 Å². The summed E-state index contributed by atoms with van der Waals surface area (Å²) in [6, 6.07) is 4.60. The summed E-state index contributed by atoms with van der Waals surface area (Å²) in [7, 11) is 0. The number of halogens is 2. The summed E-state index contributed by atoms with van der Waals surface area (Å²) in [5, 5.41) is 17.6. The second-order valence-corrected chi connectivity index (χ2v) is 6.77. The lowest BCUT2D eigenvalue weighted by Gasteiger charge is -2.32. The summed E-state index contributed by atoms with van der Waals surface area (Å²) in [5.74, 6) is 0.282. The number of hydrogen-bond acceptors (Lipinski definition) is 4. The molecule has 1 aliphatic rings. The van der Waals surface area contributed by atoms with Crippen LogP contribution in [0.15, 0.2) is 24.4 Å². The van der Waals surface area contributed by atoms with Crippen LogP contribution in [-0.4, -0.2) is 44.7 Å². The van der Waals surface area contributed by atoms with E-state index in [0.29, 0.717) is 17.4 Å². The van der Waals surface area contributed by atoms with Crippen LogP contribution in [0.4, 0.5) is 4.39 Å². The number of piperidine rings is 1. The zero-order valence-electron chi connectivity index (χ0n) is 13.5. The topological polar surface area (TPSA) is 54.2 Å². The Morgan fingerprint density at radius 1 is 1.29 bits per heavy atom. The van der Waals surface area contributed by atoms with Gasteiger partial charge in [-0.1, -0.05) is 22.9 Å². The molecule has 0 bridgehead atoms. The minimum atomic E-state index is -0.296. The number of benzene rings is 1. The summed E-state index contributed by atoms with van der Waals surface area (Å²) in [5.41, 5.74) is 1.81. The molecule has 0 saturated carbocycles. The number of likely N-dealkylation sites (tertiary alicyclic amines) is 1. The molecule has 0 aliphatic carbocycles. The van der Waals surface area contributed by atoms with Gasteiger partial charge >= 0.3 is 0 Å². The monoisotopic (exact) mass is 352 g/mol. The fraction of sp³-hybridized carbons (Fsp3) is 0.529. The SMILES string of the molecule is OCCc1cn(CC2CCN(Cc3ccc(F)cc3Cl)CC2)nn1. The van der Waals surface area contributed by atoms with E-state index < -0.39 is 0 Å². The van der Waals surface area contributed by atoms with Crippen LogP contribution >= 0.6 is 11.6 Å². The number of rotatable bonds is 6. The van der Waals surface area contributed by atoms with Crippen LogP contribution < -0.4 is 0 Å². The van der Waals surface area contributed by atoms with Crippen molar-refractivity contribution < 1.29 is 9.50 Å². The van der Waals surface area contributed by atoms with Crippen LogP contribution in [-0.2, 0) is 19.5 Å². The Bertz CT molecular complexity index is 670. The van der Waals surface area contributed by atoms with Gasteiger partial charge in [-0.15, -0.1) is 5.10 Å². The molecule has 3 rings (SSSR count). The lowest BCUT2D eigenvalue weighted by molar-refractivity contribution is 0.164. The number of aromatic nitrogens is 3. The minimum absolute atomic E-state index is 0.100. The van der Waals surface area contributed by atoms with Crippen molar-refractivity contribution in [3.05, 3.63) is 46.5 Å². The van der Waals surface area contributed by atoms with E-state index in [2.05, 4.69) is 15.2 Å². The predicted octanol–water partition coefficient (Wildman–Crippen LogP) is 2.52. The van der Waals surface area contributed by atoms with Gasteiger partial charge in [-0.25, -0.2) is 4.39 Å². The van der Waals surface area contributed by atoms with Crippen LogP contribution in [0.25, 0.3) is 0 Å². The first-order valence-corrected chi connectivity index (χ1v) is 8.68. The predicted molar refractivity (Wildman–Crippen MR) is 90.2 cm³/mol. The van der Waals surface area contributed by atoms with E-state index in [9.17, 15) is 4.39 Å². The maximum atomic E-state index is 13.1. The van der Waals surface area contributed by atoms with Crippen molar-refractivity contribution in [1.82, 2.24) is 19.9 Å². The molecule has 0 amide bonds. The van der Waals surface area contributed by atoms with E-state index in [1.54, 1.807) is 6.07 Å². The normalized spacial score (nSPS) is 16.6. The van der Waals surface area contributed by atoms with E-state index in [0.717, 1.165) is 50.3 Å². The van der Waals surface area contributed by atoms with Crippen molar-refractivity contribution >= 4 is 11.6 Å². The maximum Gasteiger partial charge on any atom is 0.124 e. The molecule has 2 aromatic rings. The molecule has 0 radical (unpaired) electrons. The standard InChI is InChI=1S/C17H22ClFN4O/c18-17-9-15(19)2-1-14(17)11-22-6-3-13(4-7-22)10-23-12-16(5-8-24)20-21-23/h1-2,9,12-13,24H,3-8,10-11H2. The molecule has 1 N–H and O–H groups in total. The molecule has 0 atom stereocenters. The average molecular weight is 353 g/mol. The average Bonchev–Trinajstić information content (AvgIpc) is 2.99. The van der Waals surface area contributed by atoms with Crippen LogP contribution in [0.5, 0.6) is 0 Å². The molecule has 0 unspecified atom stereocenters. The third-order valence-corrected chi connectivity index (χ3v) is 4.87. The number of aliphatic hydroxyl groups excluding tert-OH is 1. The molecule has 1 aromatic heterocycles. The largest absolute Gasteiger partial charge is 0.396 e. The molecule has 1 saturated heterocycles. The van der Waals surface area contributed by atoms with Gasteiger partial charge in [-0.2, -0.15) is 0 Å². The van der Waals surface area contributed by atoms with E-state index in [-0.39, 0.29) is 12.4 Å². The van der Waals surface area contributed by atoms with Crippen molar-refractivity contribution in [1.29, 1.82) is 0 Å². The highest BCUT2D eigenvalue weighted by Crippen LogP contribution is 2.23. The van der Waals surface area contributed by atoms with Gasteiger partial charge in [0.15, 0.2) is 0 Å². The number of hydrogen-bond donors (Lipinski definition) is 1. The molecular formula is C17H22ClFN4O. The van der Waals surface area contributed by atoms with Crippen molar-refractivity contribution in [2.24, 2.45) is 5.92 Å². The van der Waals surface area contributed by atoms with Crippen LogP contribution in [0.2, 0.25) is 5.02 Å². The Labute approximate surface area is 146 Å². The Morgan fingerprint density at radius 2 is 2.08 bits per heavy atom. The van der Waals surface area contributed by atoms with Crippen LogP contribution in [0.1, 0.15) is 24.1 Å². The van der Waals surface area contributed by atoms with Crippen LogP contribution in [0, 0.1) is 11.7 Å². The third kappa shape index (κ3) is 4.53. The number of aliphatic hydroxyl groups is 1. The molecule has 1 aliphatic heterocycles. The summed E-state index contributed by atoms with van der Waals surface area (Å²) in [4.78, 5) is 2.36. The molecule has 0 spiro atoms. The van der Waals surface area contributed by atoms with Gasteiger partial charge in [-0.3, -0.25) is 9.58 Å². The van der Waals surface area contributed by atoms with E-state index in [1.807, 2.05) is 10.9 Å². The van der Waals surface area contributed by atoms with Crippen LogP contribution in [0.3, 0.4) is 0 Å². The lowest BCUT2D eigenvalue weighted by Crippen LogP contribution is -2.34. The minimum Gasteiger partial charge on any atom is -0.396 e. The molecule has 130 valence electrons. The summed E-state index contributed by atoms with van der Waals surface area (Å²) in [6.07, 6.45) is 4.65. The third-order valence-electron chi connectivity index (χ3n) is 4.52. The van der Waals surface area contributed by atoms with Gasteiger partial charge in [0.2, 0.25) is 0 Å². The Kier molecular flexibility index (Phi) is 5.81. The summed E-state index contributed by atoms with van der Waals surface area (Å²) in [6.45, 7) is 3.72. The molecule has 5 nitrogen and oxygen atoms in total. The highest BCUT2D eigenvalue weighted by atomic mass is 35.5. The Balaban J connectivity index is 1.48. The van der Waals surface area contributed by atoms with Gasteiger partial charge in [0.1, 0.15) is 5.82 Å². The first kappa shape index (κ1) is 17.3. The lowest BCUT2D eigenvalue weighted by atomic mass is 9.96. The fourth-order valence-electron chi connectivity index (χ4n) is 3.14. The van der Waals surface area contributed by atoms with Gasteiger partial charge in [0.05, 0.1) is 5.69 Å². The smallest absolute Gasteiger partial charge is 0.124 e. The van der Waals surface area contributed by atoms with E-state index in [1.165, 1.54) is 12.1 Å². The quantitative estimate of drug-likeness (QED) is 0.868. The highest BCUT2D eigenvalue weighted by molar-refractivity contribution is 6.31. The summed E-state index contributed by atoms with van der Waals surface area (Å²) >= 11 is 6.11. The van der Waals surface area contributed by atoms with Gasteiger partial charge in [0.25, 0.3) is 0 Å². The molecule has 24 heavy (non-hydrogen) atoms. The Morgan fingerprint density at radius 3 is 2.79 bits per heavy atom. The molecule has 2 heterocycles. The van der Waals surface area contributed by atoms with Crippen molar-refractivity contribution in [3.8, 4) is 0 Å². The van der Waals surface area contributed by atoms with Gasteiger partial charge < -0.3 is 5.11 Å². The van der Waals surface area contributed by atoms with Gasteiger partial charge in [0, 0.05) is 37.3 Å². The second-order valence-electron chi connectivity index (χ2n) is 6.36.